The first-order valence-corrected chi connectivity index (χ1v) is 9.56. The van der Waals surface area contributed by atoms with Gasteiger partial charge in [-0.25, -0.2) is 13.6 Å². The van der Waals surface area contributed by atoms with Crippen LogP contribution in [0.5, 0.6) is 5.75 Å². The van der Waals surface area contributed by atoms with E-state index in [2.05, 4.69) is 27.2 Å². The summed E-state index contributed by atoms with van der Waals surface area (Å²) in [4.78, 5) is 49.6. The van der Waals surface area contributed by atoms with Crippen molar-refractivity contribution >= 4 is 23.8 Å². The van der Waals surface area contributed by atoms with Gasteiger partial charge in [-0.1, -0.05) is 11.8 Å². The topological polar surface area (TPSA) is 131 Å². The Morgan fingerprint density at radius 1 is 1.24 bits per heavy atom. The molecule has 4 N–H and O–H groups in total. The smallest absolute Gasteiger partial charge is 0.323 e. The van der Waals surface area contributed by atoms with E-state index in [4.69, 9.17) is 5.73 Å². The number of urea groups is 1. The van der Waals surface area contributed by atoms with Crippen molar-refractivity contribution in [1.29, 1.82) is 0 Å². The number of methoxy groups -OCH3 is 1. The van der Waals surface area contributed by atoms with Crippen LogP contribution in [0.2, 0.25) is 0 Å². The monoisotopic (exact) mass is 454 g/mol. The van der Waals surface area contributed by atoms with Gasteiger partial charge in [0.1, 0.15) is 0 Å². The Kier molecular flexibility index (Phi) is 5.21. The number of carbonyl (C=O) groups is 4. The molecular formula is C22H16F2N4O5. The number of amides is 5. The molecule has 2 aromatic rings. The van der Waals surface area contributed by atoms with Crippen LogP contribution in [-0.2, 0) is 11.3 Å². The van der Waals surface area contributed by atoms with E-state index in [0.717, 1.165) is 18.1 Å². The molecule has 2 aliphatic rings. The van der Waals surface area contributed by atoms with Crippen molar-refractivity contribution in [3.63, 3.8) is 0 Å². The van der Waals surface area contributed by atoms with Gasteiger partial charge in [0.2, 0.25) is 11.4 Å². The first kappa shape index (κ1) is 21.8. The zero-order valence-electron chi connectivity index (χ0n) is 17.1. The van der Waals surface area contributed by atoms with Crippen LogP contribution in [0.25, 0.3) is 0 Å². The first-order chi connectivity index (χ1) is 15.6. The summed E-state index contributed by atoms with van der Waals surface area (Å²) in [7, 11) is 1.07. The average molecular weight is 454 g/mol. The van der Waals surface area contributed by atoms with E-state index in [-0.39, 0.29) is 23.2 Å². The first-order valence-electron chi connectivity index (χ1n) is 9.56. The Labute approximate surface area is 185 Å². The molecule has 4 rings (SSSR count). The van der Waals surface area contributed by atoms with E-state index in [9.17, 15) is 28.0 Å². The zero-order chi connectivity index (χ0) is 23.9. The van der Waals surface area contributed by atoms with Crippen molar-refractivity contribution in [3.05, 3.63) is 64.2 Å². The van der Waals surface area contributed by atoms with Crippen molar-refractivity contribution in [3.8, 4) is 17.6 Å². The van der Waals surface area contributed by atoms with E-state index in [1.54, 1.807) is 0 Å². The molecule has 0 saturated carbocycles. The molecule has 1 atom stereocenters. The number of rotatable bonds is 4. The van der Waals surface area contributed by atoms with Crippen LogP contribution in [0, 0.1) is 23.5 Å². The Bertz CT molecular complexity index is 1280. The highest BCUT2D eigenvalue weighted by molar-refractivity contribution is 6.10. The number of ether oxygens (including phenoxy) is 1. The fourth-order valence-electron chi connectivity index (χ4n) is 3.67. The summed E-state index contributed by atoms with van der Waals surface area (Å²) in [6.07, 6.45) is 0. The molecule has 11 heteroatoms. The van der Waals surface area contributed by atoms with Gasteiger partial charge in [-0.15, -0.1) is 0 Å². The van der Waals surface area contributed by atoms with Crippen LogP contribution < -0.4 is 21.1 Å². The quantitative estimate of drug-likeness (QED) is 0.462. The molecule has 9 nitrogen and oxygen atoms in total. The molecule has 0 aromatic heterocycles. The second-order valence-corrected chi connectivity index (χ2v) is 7.41. The third kappa shape index (κ3) is 3.71. The number of hydrogen-bond donors (Lipinski definition) is 3. The van der Waals surface area contributed by atoms with Crippen LogP contribution in [0.15, 0.2) is 30.3 Å². The molecule has 5 amide bonds. The second-order valence-electron chi connectivity index (χ2n) is 7.41. The summed E-state index contributed by atoms with van der Waals surface area (Å²) in [6, 6.07) is 6.05. The lowest BCUT2D eigenvalue weighted by molar-refractivity contribution is -0.122. The fourth-order valence-corrected chi connectivity index (χ4v) is 3.67. The molecule has 0 bridgehead atoms. The van der Waals surface area contributed by atoms with Gasteiger partial charge in [-0.05, 0) is 35.9 Å². The molecule has 0 radical (unpaired) electrons. The van der Waals surface area contributed by atoms with Gasteiger partial charge in [0.15, 0.2) is 17.4 Å². The van der Waals surface area contributed by atoms with Gasteiger partial charge in [0.25, 0.3) is 11.8 Å². The molecule has 33 heavy (non-hydrogen) atoms. The molecule has 168 valence electrons. The summed E-state index contributed by atoms with van der Waals surface area (Å²) in [5, 5.41) is 4.48. The van der Waals surface area contributed by atoms with Crippen LogP contribution in [0.4, 0.5) is 13.6 Å². The van der Waals surface area contributed by atoms with E-state index in [0.29, 0.717) is 5.56 Å². The van der Waals surface area contributed by atoms with Crippen molar-refractivity contribution < 1.29 is 32.7 Å². The molecule has 1 fully saturated rings. The number of imide groups is 1. The molecule has 2 aromatic carbocycles. The van der Waals surface area contributed by atoms with Crippen molar-refractivity contribution in [2.24, 2.45) is 5.73 Å². The summed E-state index contributed by atoms with van der Waals surface area (Å²) >= 11 is 0. The van der Waals surface area contributed by atoms with Crippen LogP contribution in [-0.4, -0.2) is 47.8 Å². The third-order valence-electron chi connectivity index (χ3n) is 5.28. The highest BCUT2D eigenvalue weighted by atomic mass is 19.1. The van der Waals surface area contributed by atoms with E-state index >= 15 is 0 Å². The normalized spacial score (nSPS) is 18.9. The number of halogens is 2. The maximum Gasteiger partial charge on any atom is 0.323 e. The molecule has 2 heterocycles. The summed E-state index contributed by atoms with van der Waals surface area (Å²) in [5.74, 6) is 0.356. The number of nitrogens with zero attached hydrogens (tertiary/aromatic N) is 1. The van der Waals surface area contributed by atoms with Gasteiger partial charge in [0.05, 0.1) is 19.2 Å². The summed E-state index contributed by atoms with van der Waals surface area (Å²) < 4.78 is 33.4. The van der Waals surface area contributed by atoms with Crippen molar-refractivity contribution in [2.45, 2.75) is 12.1 Å². The van der Waals surface area contributed by atoms with Crippen LogP contribution in [0.1, 0.15) is 31.8 Å². The highest BCUT2D eigenvalue weighted by Gasteiger charge is 2.49. The Morgan fingerprint density at radius 2 is 1.94 bits per heavy atom. The largest absolute Gasteiger partial charge is 0.491 e. The molecule has 0 aliphatic carbocycles. The molecular weight excluding hydrogens is 438 g/mol. The lowest BCUT2D eigenvalue weighted by Crippen LogP contribution is -2.54. The Balaban J connectivity index is 1.67. The van der Waals surface area contributed by atoms with Gasteiger partial charge >= 0.3 is 6.03 Å². The minimum absolute atomic E-state index is 0.0747. The predicted molar refractivity (Wildman–Crippen MR) is 109 cm³/mol. The van der Waals surface area contributed by atoms with Crippen molar-refractivity contribution in [1.82, 2.24) is 15.5 Å². The SMILES string of the molecule is COc1c(F)cc2c(c1F)C(=O)N(CC1(C#Cc3ccc(C(N)=O)cc3)NC(=O)NC1=O)C2. The standard InChI is InChI=1S/C22H16F2N4O5/c1-33-17-14(23)8-13-9-28(19(30)15(13)16(17)24)10-22(20(31)26-21(32)27-22)7-6-11-2-4-12(5-3-11)18(25)29/h2-5,8H,9-10H2,1H3,(H2,25,29)(H2,26,27,31,32). The summed E-state index contributed by atoms with van der Waals surface area (Å²) in [5.41, 5.74) is 3.73. The number of nitrogens with two attached hydrogens (primary N) is 1. The fraction of sp³-hybridized carbons (Fsp3) is 0.182. The number of nitrogens with one attached hydrogen (secondary N) is 2. The molecule has 1 unspecified atom stereocenters. The lowest BCUT2D eigenvalue weighted by atomic mass is 9.99. The van der Waals surface area contributed by atoms with Gasteiger partial charge in [0, 0.05) is 17.7 Å². The summed E-state index contributed by atoms with van der Waals surface area (Å²) in [6.45, 7) is -0.625. The zero-order valence-corrected chi connectivity index (χ0v) is 17.1. The Morgan fingerprint density at radius 3 is 2.52 bits per heavy atom. The number of primary amides is 1. The molecule has 1 saturated heterocycles. The molecule has 2 aliphatic heterocycles. The highest BCUT2D eigenvalue weighted by Crippen LogP contribution is 2.34. The van der Waals surface area contributed by atoms with Gasteiger partial charge in [-0.3, -0.25) is 19.7 Å². The maximum atomic E-state index is 14.6. The average Bonchev–Trinajstić information content (AvgIpc) is 3.22. The van der Waals surface area contributed by atoms with E-state index in [1.807, 2.05) is 0 Å². The number of fused-ring (bicyclic) bond motifs is 1. The second kappa shape index (κ2) is 7.90. The lowest BCUT2D eigenvalue weighted by Gasteiger charge is -2.26. The Hall–Kier alpha value is -4.46. The minimum atomic E-state index is -1.84. The van der Waals surface area contributed by atoms with Crippen LogP contribution in [0.3, 0.4) is 0 Å². The number of benzene rings is 2. The number of carbonyl (C=O) groups excluding carboxylic acids is 4. The van der Waals surface area contributed by atoms with Crippen molar-refractivity contribution in [2.75, 3.05) is 13.7 Å². The molecule has 0 spiro atoms. The van der Waals surface area contributed by atoms with E-state index in [1.165, 1.54) is 24.3 Å². The van der Waals surface area contributed by atoms with Crippen LogP contribution >= 0.6 is 0 Å². The maximum absolute atomic E-state index is 14.6. The minimum Gasteiger partial charge on any atom is -0.491 e. The van der Waals surface area contributed by atoms with E-state index < -0.39 is 53.2 Å². The predicted octanol–water partition coefficient (Wildman–Crippen LogP) is 0.658. The number of hydrogen-bond acceptors (Lipinski definition) is 5. The van der Waals surface area contributed by atoms with Gasteiger partial charge < -0.3 is 20.7 Å². The third-order valence-corrected chi connectivity index (χ3v) is 5.28. The van der Waals surface area contributed by atoms with Gasteiger partial charge in [-0.2, -0.15) is 0 Å².